The Morgan fingerprint density at radius 1 is 1.67 bits per heavy atom. The zero-order valence-electron chi connectivity index (χ0n) is 8.20. The van der Waals surface area contributed by atoms with Crippen LogP contribution in [-0.4, -0.2) is 22.0 Å². The van der Waals surface area contributed by atoms with Gasteiger partial charge in [-0.15, -0.1) is 0 Å². The summed E-state index contributed by atoms with van der Waals surface area (Å²) in [6.07, 6.45) is -1.51. The van der Waals surface area contributed by atoms with Crippen LogP contribution in [0.1, 0.15) is 11.3 Å². The van der Waals surface area contributed by atoms with Crippen molar-refractivity contribution in [2.45, 2.75) is 13.3 Å². The molecule has 0 fully saturated rings. The number of aryl methyl sites for hydroxylation is 1. The predicted octanol–water partition coefficient (Wildman–Crippen LogP) is 0.264. The summed E-state index contributed by atoms with van der Waals surface area (Å²) < 4.78 is 25.1. The number of rotatable bonds is 3. The van der Waals surface area contributed by atoms with Crippen molar-refractivity contribution < 1.29 is 18.7 Å². The van der Waals surface area contributed by atoms with Crippen LogP contribution < -0.4 is 5.11 Å². The first-order valence-electron chi connectivity index (χ1n) is 4.13. The lowest BCUT2D eigenvalue weighted by molar-refractivity contribution is -0.244. The summed E-state index contributed by atoms with van der Waals surface area (Å²) in [5, 5.41) is 15.1. The number of carbonyl (C=O) groups is 1. The van der Waals surface area contributed by atoms with Crippen LogP contribution in [-0.2, 0) is 11.8 Å². The van der Waals surface area contributed by atoms with E-state index >= 15 is 0 Å². The van der Waals surface area contributed by atoms with Gasteiger partial charge in [-0.25, -0.2) is 8.78 Å². The first kappa shape index (κ1) is 11.4. The third-order valence-corrected chi connectivity index (χ3v) is 1.99. The van der Waals surface area contributed by atoms with E-state index < -0.39 is 18.0 Å². The first-order valence-corrected chi connectivity index (χ1v) is 4.13. The first-order chi connectivity index (χ1) is 6.93. The molecule has 6 heteroatoms. The summed E-state index contributed by atoms with van der Waals surface area (Å²) in [7, 11) is 1.61. The fraction of sp³-hybridized carbons (Fsp3) is 0.333. The maximum absolute atomic E-state index is 11.9. The molecule has 0 aliphatic rings. The molecule has 0 amide bonds. The molecule has 0 N–H and O–H groups in total. The SMILES string of the molecule is Cc1c(C([O-])=CC(=O)C(F)F)cnn1C. The van der Waals surface area contributed by atoms with Gasteiger partial charge in [-0.05, 0) is 13.0 Å². The van der Waals surface area contributed by atoms with E-state index in [2.05, 4.69) is 5.10 Å². The molecule has 15 heavy (non-hydrogen) atoms. The average Bonchev–Trinajstić information content (AvgIpc) is 2.47. The largest absolute Gasteiger partial charge is 0.872 e. The van der Waals surface area contributed by atoms with Crippen molar-refractivity contribution in [1.82, 2.24) is 9.78 Å². The Morgan fingerprint density at radius 3 is 2.67 bits per heavy atom. The highest BCUT2D eigenvalue weighted by Crippen LogP contribution is 2.13. The number of nitrogens with zero attached hydrogens (tertiary/aromatic N) is 2. The van der Waals surface area contributed by atoms with E-state index in [4.69, 9.17) is 0 Å². The molecule has 82 valence electrons. The minimum Gasteiger partial charge on any atom is -0.872 e. The van der Waals surface area contributed by atoms with Gasteiger partial charge in [0.15, 0.2) is 0 Å². The molecule has 1 aromatic rings. The highest BCUT2D eigenvalue weighted by molar-refractivity contribution is 5.97. The van der Waals surface area contributed by atoms with Crippen LogP contribution in [0.3, 0.4) is 0 Å². The number of ketones is 1. The standard InChI is InChI=1S/C9H10F2N2O2/c1-5-6(4-12-13(5)2)7(14)3-8(15)9(10)11/h3-4,9,14H,1-2H3/p-1. The van der Waals surface area contributed by atoms with Gasteiger partial charge in [0, 0.05) is 18.3 Å². The molecule has 1 aromatic heterocycles. The van der Waals surface area contributed by atoms with Crippen molar-refractivity contribution in [2.75, 3.05) is 0 Å². The van der Waals surface area contributed by atoms with Gasteiger partial charge in [0.1, 0.15) is 0 Å². The van der Waals surface area contributed by atoms with Crippen LogP contribution in [0.25, 0.3) is 5.76 Å². The van der Waals surface area contributed by atoms with Crippen molar-refractivity contribution in [2.24, 2.45) is 7.05 Å². The van der Waals surface area contributed by atoms with E-state index in [1.165, 1.54) is 10.9 Å². The van der Waals surface area contributed by atoms with E-state index in [0.717, 1.165) is 0 Å². The second-order valence-electron chi connectivity index (χ2n) is 2.98. The lowest BCUT2D eigenvalue weighted by Gasteiger charge is -2.10. The minimum absolute atomic E-state index is 0.159. The summed E-state index contributed by atoms with van der Waals surface area (Å²) in [6.45, 7) is 1.61. The summed E-state index contributed by atoms with van der Waals surface area (Å²) in [5.41, 5.74) is 0.685. The number of allylic oxidation sites excluding steroid dienone is 1. The number of carbonyl (C=O) groups excluding carboxylic acids is 1. The molecule has 1 rings (SSSR count). The molecule has 0 aliphatic heterocycles. The molecule has 0 spiro atoms. The molecule has 0 unspecified atom stereocenters. The molecule has 4 nitrogen and oxygen atoms in total. The third kappa shape index (κ3) is 2.39. The second-order valence-corrected chi connectivity index (χ2v) is 2.98. The fourth-order valence-electron chi connectivity index (χ4n) is 1.01. The van der Waals surface area contributed by atoms with Gasteiger partial charge in [-0.2, -0.15) is 5.10 Å². The Bertz CT molecular complexity index is 410. The minimum atomic E-state index is -3.15. The molecular formula is C9H9F2N2O2-. The smallest absolute Gasteiger partial charge is 0.299 e. The van der Waals surface area contributed by atoms with Crippen LogP contribution in [0.5, 0.6) is 0 Å². The van der Waals surface area contributed by atoms with Gasteiger partial charge in [0.2, 0.25) is 5.78 Å². The molecule has 0 bridgehead atoms. The van der Waals surface area contributed by atoms with Crippen molar-refractivity contribution >= 4 is 11.5 Å². The average molecular weight is 215 g/mol. The summed E-state index contributed by atoms with van der Waals surface area (Å²) >= 11 is 0. The zero-order chi connectivity index (χ0) is 11.6. The maximum atomic E-state index is 11.9. The van der Waals surface area contributed by atoms with Crippen LogP contribution in [0.2, 0.25) is 0 Å². The lowest BCUT2D eigenvalue weighted by Crippen LogP contribution is -2.11. The second kappa shape index (κ2) is 4.20. The van der Waals surface area contributed by atoms with Gasteiger partial charge < -0.3 is 5.11 Å². The summed E-state index contributed by atoms with van der Waals surface area (Å²) in [6, 6.07) is 0. The van der Waals surface area contributed by atoms with E-state index in [-0.39, 0.29) is 5.56 Å². The molecule has 0 aromatic carbocycles. The lowest BCUT2D eigenvalue weighted by atomic mass is 10.2. The normalized spacial score (nSPS) is 12.2. The molecule has 0 atom stereocenters. The zero-order valence-corrected chi connectivity index (χ0v) is 8.20. The Hall–Kier alpha value is -1.72. The number of hydrogen-bond donors (Lipinski definition) is 0. The topological polar surface area (TPSA) is 57.9 Å². The Morgan fingerprint density at radius 2 is 2.27 bits per heavy atom. The van der Waals surface area contributed by atoms with E-state index in [1.54, 1.807) is 14.0 Å². The van der Waals surface area contributed by atoms with E-state index in [9.17, 15) is 18.7 Å². The van der Waals surface area contributed by atoms with Crippen molar-refractivity contribution in [1.29, 1.82) is 0 Å². The van der Waals surface area contributed by atoms with Crippen LogP contribution in [0, 0.1) is 6.92 Å². The Kier molecular flexibility index (Phi) is 3.18. The van der Waals surface area contributed by atoms with Crippen LogP contribution in [0.4, 0.5) is 8.78 Å². The van der Waals surface area contributed by atoms with Crippen molar-refractivity contribution in [3.63, 3.8) is 0 Å². The van der Waals surface area contributed by atoms with E-state index in [1.807, 2.05) is 0 Å². The molecule has 1 heterocycles. The van der Waals surface area contributed by atoms with Gasteiger partial charge >= 0.3 is 0 Å². The van der Waals surface area contributed by atoms with Crippen LogP contribution in [0.15, 0.2) is 12.3 Å². The molecule has 0 saturated heterocycles. The van der Waals surface area contributed by atoms with Crippen LogP contribution >= 0.6 is 0 Å². The van der Waals surface area contributed by atoms with Crippen molar-refractivity contribution in [3.8, 4) is 0 Å². The molecule has 0 radical (unpaired) electrons. The summed E-state index contributed by atoms with van der Waals surface area (Å²) in [5.74, 6) is -2.23. The van der Waals surface area contributed by atoms with Gasteiger partial charge in [0.25, 0.3) is 6.43 Å². The monoisotopic (exact) mass is 215 g/mol. The molecule has 0 aliphatic carbocycles. The van der Waals surface area contributed by atoms with Gasteiger partial charge in [-0.3, -0.25) is 9.48 Å². The number of alkyl halides is 2. The predicted molar refractivity (Wildman–Crippen MR) is 46.9 cm³/mol. The highest BCUT2D eigenvalue weighted by atomic mass is 19.3. The van der Waals surface area contributed by atoms with Gasteiger partial charge in [0.05, 0.1) is 6.20 Å². The number of halogens is 2. The van der Waals surface area contributed by atoms with Gasteiger partial charge in [-0.1, -0.05) is 5.76 Å². The quantitative estimate of drug-likeness (QED) is 0.537. The highest BCUT2D eigenvalue weighted by Gasteiger charge is 2.12. The fourth-order valence-corrected chi connectivity index (χ4v) is 1.01. The molecule has 0 saturated carbocycles. The summed E-state index contributed by atoms with van der Waals surface area (Å²) in [4.78, 5) is 10.6. The number of aromatic nitrogens is 2. The third-order valence-electron chi connectivity index (χ3n) is 1.99. The maximum Gasteiger partial charge on any atom is 0.299 e. The van der Waals surface area contributed by atoms with E-state index in [0.29, 0.717) is 11.8 Å². The number of hydrogen-bond acceptors (Lipinski definition) is 3. The Balaban J connectivity index is 2.99. The Labute approximate surface area is 84.8 Å². The van der Waals surface area contributed by atoms with Crippen molar-refractivity contribution in [3.05, 3.63) is 23.5 Å². The molecular weight excluding hydrogens is 206 g/mol.